The zero-order valence-electron chi connectivity index (χ0n) is 13.9. The molecule has 2 rings (SSSR count). The normalized spacial score (nSPS) is 25.2. The van der Waals surface area contributed by atoms with Crippen LogP contribution in [0.5, 0.6) is 0 Å². The van der Waals surface area contributed by atoms with Gasteiger partial charge in [-0.3, -0.25) is 9.59 Å². The second kappa shape index (κ2) is 7.34. The molecular weight excluding hydrogens is 332 g/mol. The second-order valence-corrected chi connectivity index (χ2v) is 8.14. The van der Waals surface area contributed by atoms with E-state index in [2.05, 4.69) is 0 Å². The van der Waals surface area contributed by atoms with Crippen molar-refractivity contribution in [3.8, 4) is 0 Å². The lowest BCUT2D eigenvalue weighted by Crippen LogP contribution is -2.49. The van der Waals surface area contributed by atoms with E-state index in [4.69, 9.17) is 9.47 Å². The van der Waals surface area contributed by atoms with E-state index in [-0.39, 0.29) is 32.5 Å². The van der Waals surface area contributed by atoms with Crippen molar-refractivity contribution in [3.63, 3.8) is 0 Å². The Balaban J connectivity index is 2.44. The van der Waals surface area contributed by atoms with E-state index in [1.54, 1.807) is 38.1 Å². The van der Waals surface area contributed by atoms with Crippen molar-refractivity contribution >= 4 is 21.8 Å². The lowest BCUT2D eigenvalue weighted by atomic mass is 9.93. The van der Waals surface area contributed by atoms with Crippen molar-refractivity contribution < 1.29 is 27.5 Å². The van der Waals surface area contributed by atoms with Crippen LogP contribution >= 0.6 is 0 Å². The van der Waals surface area contributed by atoms with Crippen LogP contribution in [-0.4, -0.2) is 43.6 Å². The second-order valence-electron chi connectivity index (χ2n) is 5.70. The van der Waals surface area contributed by atoms with Gasteiger partial charge in [0, 0.05) is 6.42 Å². The number of hydrogen-bond donors (Lipinski definition) is 0. The molecule has 24 heavy (non-hydrogen) atoms. The van der Waals surface area contributed by atoms with E-state index in [0.717, 1.165) is 0 Å². The number of carbonyl (C=O) groups is 2. The summed E-state index contributed by atoms with van der Waals surface area (Å²) in [5, 5.41) is -1.31. The maximum atomic E-state index is 13.1. The summed E-state index contributed by atoms with van der Waals surface area (Å²) < 4.78 is 34.3. The lowest BCUT2D eigenvalue weighted by Gasteiger charge is -2.26. The van der Waals surface area contributed by atoms with Crippen molar-refractivity contribution in [2.75, 3.05) is 13.2 Å². The monoisotopic (exact) mass is 354 g/mol. The van der Waals surface area contributed by atoms with Crippen LogP contribution in [0.4, 0.5) is 0 Å². The van der Waals surface area contributed by atoms with Gasteiger partial charge in [-0.05, 0) is 32.3 Å². The van der Waals surface area contributed by atoms with Crippen LogP contribution in [0.3, 0.4) is 0 Å². The number of esters is 2. The molecule has 1 aromatic rings. The predicted molar refractivity (Wildman–Crippen MR) is 88.1 cm³/mol. The average Bonchev–Trinajstić information content (AvgIpc) is 2.81. The van der Waals surface area contributed by atoms with E-state index >= 15 is 0 Å². The SMILES string of the molecule is CCOC(=O)C1CCC(Cc2ccccc2)(C(=O)OCC)S1(=O)=O. The van der Waals surface area contributed by atoms with Gasteiger partial charge in [-0.25, -0.2) is 8.42 Å². The molecule has 6 nitrogen and oxygen atoms in total. The summed E-state index contributed by atoms with van der Waals surface area (Å²) in [5.41, 5.74) is 0.707. The molecule has 0 aliphatic carbocycles. The first-order valence-electron chi connectivity index (χ1n) is 8.00. The van der Waals surface area contributed by atoms with Crippen molar-refractivity contribution in [3.05, 3.63) is 35.9 Å². The Morgan fingerprint density at radius 1 is 1.12 bits per heavy atom. The van der Waals surface area contributed by atoms with Crippen LogP contribution in [0.2, 0.25) is 0 Å². The molecule has 7 heteroatoms. The van der Waals surface area contributed by atoms with E-state index < -0.39 is 31.8 Å². The van der Waals surface area contributed by atoms with Crippen LogP contribution in [0.15, 0.2) is 30.3 Å². The van der Waals surface area contributed by atoms with Gasteiger partial charge >= 0.3 is 11.9 Å². The molecule has 0 bridgehead atoms. The Labute approximate surface area is 142 Å². The van der Waals surface area contributed by atoms with Crippen LogP contribution in [0.1, 0.15) is 32.3 Å². The van der Waals surface area contributed by atoms with Crippen molar-refractivity contribution in [1.29, 1.82) is 0 Å². The molecule has 0 amide bonds. The van der Waals surface area contributed by atoms with Gasteiger partial charge in [-0.2, -0.15) is 0 Å². The van der Waals surface area contributed by atoms with Crippen LogP contribution in [0.25, 0.3) is 0 Å². The summed E-state index contributed by atoms with van der Waals surface area (Å²) in [6.07, 6.45) is 0.101. The van der Waals surface area contributed by atoms with Gasteiger partial charge in [0.15, 0.2) is 19.8 Å². The summed E-state index contributed by atoms with van der Waals surface area (Å²) in [7, 11) is -4.08. The molecular formula is C17H22O6S. The largest absolute Gasteiger partial charge is 0.465 e. The quantitative estimate of drug-likeness (QED) is 0.722. The van der Waals surface area contributed by atoms with Gasteiger partial charge in [0.2, 0.25) is 0 Å². The average molecular weight is 354 g/mol. The van der Waals surface area contributed by atoms with E-state index in [1.165, 1.54) is 0 Å². The molecule has 1 saturated heterocycles. The topological polar surface area (TPSA) is 86.7 Å². The Morgan fingerprint density at radius 3 is 2.33 bits per heavy atom. The molecule has 1 aliphatic heterocycles. The van der Waals surface area contributed by atoms with E-state index in [1.807, 2.05) is 6.07 Å². The standard InChI is InChI=1S/C17H22O6S/c1-3-22-15(18)14-10-11-17(24(14,20)21,16(19)23-4-2)12-13-8-6-5-7-9-13/h5-9,14H,3-4,10-12H2,1-2H3. The van der Waals surface area contributed by atoms with Crippen LogP contribution in [-0.2, 0) is 35.3 Å². The highest BCUT2D eigenvalue weighted by Crippen LogP contribution is 2.41. The van der Waals surface area contributed by atoms with Crippen molar-refractivity contribution in [1.82, 2.24) is 0 Å². The zero-order chi connectivity index (χ0) is 17.8. The molecule has 132 valence electrons. The van der Waals surface area contributed by atoms with Crippen molar-refractivity contribution in [2.24, 2.45) is 0 Å². The Hall–Kier alpha value is -1.89. The van der Waals surface area contributed by atoms with Gasteiger partial charge < -0.3 is 9.47 Å². The van der Waals surface area contributed by atoms with Gasteiger partial charge in [0.05, 0.1) is 13.2 Å². The first-order chi connectivity index (χ1) is 11.4. The zero-order valence-corrected chi connectivity index (χ0v) is 14.7. The van der Waals surface area contributed by atoms with Gasteiger partial charge in [0.1, 0.15) is 0 Å². The molecule has 0 spiro atoms. The minimum atomic E-state index is -4.08. The molecule has 1 heterocycles. The summed E-state index contributed by atoms with van der Waals surface area (Å²) in [5.74, 6) is -1.59. The number of carbonyl (C=O) groups excluding carboxylic acids is 2. The minimum Gasteiger partial charge on any atom is -0.465 e. The van der Waals surface area contributed by atoms with E-state index in [0.29, 0.717) is 5.56 Å². The summed E-state index contributed by atoms with van der Waals surface area (Å²) in [4.78, 5) is 24.6. The summed E-state index contributed by atoms with van der Waals surface area (Å²) in [6, 6.07) is 8.88. The molecule has 2 atom stereocenters. The first kappa shape index (κ1) is 18.4. The molecule has 1 fully saturated rings. The summed E-state index contributed by atoms with van der Waals surface area (Å²) >= 11 is 0. The number of ether oxygens (including phenoxy) is 2. The highest BCUT2D eigenvalue weighted by molar-refractivity contribution is 7.95. The van der Waals surface area contributed by atoms with Crippen LogP contribution in [0, 0.1) is 0 Å². The third-order valence-corrected chi connectivity index (χ3v) is 7.04. The fourth-order valence-electron chi connectivity index (χ4n) is 3.08. The molecule has 0 aromatic heterocycles. The lowest BCUT2D eigenvalue weighted by molar-refractivity contribution is -0.146. The Kier molecular flexibility index (Phi) is 5.64. The molecule has 1 aromatic carbocycles. The minimum absolute atomic E-state index is 0.00902. The van der Waals surface area contributed by atoms with Gasteiger partial charge in [-0.15, -0.1) is 0 Å². The third-order valence-electron chi connectivity index (χ3n) is 4.26. The summed E-state index contributed by atoms with van der Waals surface area (Å²) in [6.45, 7) is 3.41. The first-order valence-corrected chi connectivity index (χ1v) is 9.55. The number of benzene rings is 1. The maximum Gasteiger partial charge on any atom is 0.327 e. The number of rotatable bonds is 6. The molecule has 0 radical (unpaired) electrons. The number of sulfone groups is 1. The van der Waals surface area contributed by atoms with Crippen LogP contribution < -0.4 is 0 Å². The van der Waals surface area contributed by atoms with E-state index in [9.17, 15) is 18.0 Å². The van der Waals surface area contributed by atoms with Gasteiger partial charge in [-0.1, -0.05) is 30.3 Å². The molecule has 0 saturated carbocycles. The Morgan fingerprint density at radius 2 is 1.75 bits per heavy atom. The molecule has 2 unspecified atom stereocenters. The molecule has 0 N–H and O–H groups in total. The highest BCUT2D eigenvalue weighted by Gasteiger charge is 2.61. The third kappa shape index (κ3) is 3.17. The Bertz CT molecular complexity index is 697. The molecule has 1 aliphatic rings. The maximum absolute atomic E-state index is 13.1. The van der Waals surface area contributed by atoms with Gasteiger partial charge in [0.25, 0.3) is 0 Å². The predicted octanol–water partition coefficient (Wildman–Crippen LogP) is 1.67. The number of hydrogen-bond acceptors (Lipinski definition) is 6. The fourth-order valence-corrected chi connectivity index (χ4v) is 5.44. The highest BCUT2D eigenvalue weighted by atomic mass is 32.2. The fraction of sp³-hybridized carbons (Fsp3) is 0.529. The van der Waals surface area contributed by atoms with Crippen molar-refractivity contribution in [2.45, 2.75) is 43.1 Å². The smallest absolute Gasteiger partial charge is 0.327 e.